The third kappa shape index (κ3) is 4.48. The molecular formula is C20H20ClF2N3OS. The summed E-state index contributed by atoms with van der Waals surface area (Å²) in [4.78, 5) is 21.3. The van der Waals surface area contributed by atoms with Crippen LogP contribution in [0.5, 0.6) is 0 Å². The largest absolute Gasteiger partial charge is 0.302 e. The number of thiazole rings is 1. The average molecular weight is 424 g/mol. The molecule has 0 radical (unpaired) electrons. The Kier molecular flexibility index (Phi) is 6.59. The maximum Gasteiger partial charge on any atom is 0.260 e. The van der Waals surface area contributed by atoms with Crippen LogP contribution < -0.4 is 4.90 Å². The van der Waals surface area contributed by atoms with Crippen molar-refractivity contribution in [2.45, 2.75) is 13.8 Å². The highest BCUT2D eigenvalue weighted by Gasteiger charge is 2.23. The Balaban J connectivity index is 1.97. The molecule has 28 heavy (non-hydrogen) atoms. The first-order chi connectivity index (χ1) is 13.4. The molecule has 0 bridgehead atoms. The number of nitrogens with zero attached hydrogens (tertiary/aromatic N) is 3. The molecule has 0 N–H and O–H groups in total. The first-order valence-electron chi connectivity index (χ1n) is 8.98. The standard InChI is InChI=1S/C20H20ClF2N3OS/c1-3-25(4-2)9-10-26(19(27)13-5-7-15(22)16(23)11-13)20-24-17-8-6-14(21)12-18(17)28-20/h5-8,11-12H,3-4,9-10H2,1-2H3. The molecule has 3 rings (SSSR count). The molecule has 1 heterocycles. The number of carbonyl (C=O) groups is 1. The lowest BCUT2D eigenvalue weighted by Gasteiger charge is -2.24. The monoisotopic (exact) mass is 423 g/mol. The second-order valence-electron chi connectivity index (χ2n) is 6.22. The number of halogens is 3. The van der Waals surface area contributed by atoms with Crippen LogP contribution >= 0.6 is 22.9 Å². The van der Waals surface area contributed by atoms with Gasteiger partial charge in [0, 0.05) is 23.7 Å². The van der Waals surface area contributed by atoms with Gasteiger partial charge in [0.15, 0.2) is 16.8 Å². The van der Waals surface area contributed by atoms with Gasteiger partial charge in [-0.15, -0.1) is 0 Å². The van der Waals surface area contributed by atoms with E-state index in [0.29, 0.717) is 23.2 Å². The van der Waals surface area contributed by atoms with Crippen molar-refractivity contribution in [3.63, 3.8) is 0 Å². The number of likely N-dealkylation sites (N-methyl/N-ethyl adjacent to an activating group) is 1. The van der Waals surface area contributed by atoms with Crippen molar-refractivity contribution in [2.24, 2.45) is 0 Å². The predicted octanol–water partition coefficient (Wildman–Crippen LogP) is 5.22. The zero-order valence-corrected chi connectivity index (χ0v) is 17.2. The number of rotatable bonds is 7. The van der Waals surface area contributed by atoms with Crippen LogP contribution in [0.15, 0.2) is 36.4 Å². The molecule has 1 amide bonds. The Labute approximate surface area is 171 Å². The molecule has 1 aromatic heterocycles. The predicted molar refractivity (Wildman–Crippen MR) is 110 cm³/mol. The number of aromatic nitrogens is 1. The minimum atomic E-state index is -1.05. The highest BCUT2D eigenvalue weighted by molar-refractivity contribution is 7.22. The summed E-state index contributed by atoms with van der Waals surface area (Å²) >= 11 is 7.39. The maximum atomic E-state index is 13.7. The number of anilines is 1. The Morgan fingerprint density at radius 1 is 1.07 bits per heavy atom. The molecule has 0 aliphatic rings. The van der Waals surface area contributed by atoms with Gasteiger partial charge in [0.05, 0.1) is 10.2 Å². The number of amides is 1. The molecule has 0 fully saturated rings. The van der Waals surface area contributed by atoms with Crippen molar-refractivity contribution in [1.82, 2.24) is 9.88 Å². The molecular weight excluding hydrogens is 404 g/mol. The van der Waals surface area contributed by atoms with Gasteiger partial charge in [0.1, 0.15) is 0 Å². The molecule has 2 aromatic carbocycles. The first-order valence-corrected chi connectivity index (χ1v) is 10.2. The van der Waals surface area contributed by atoms with Crippen LogP contribution in [-0.4, -0.2) is 42.0 Å². The van der Waals surface area contributed by atoms with Crippen LogP contribution in [0.4, 0.5) is 13.9 Å². The van der Waals surface area contributed by atoms with Gasteiger partial charge < -0.3 is 4.90 Å². The number of carbonyl (C=O) groups excluding carboxylic acids is 1. The van der Waals surface area contributed by atoms with E-state index < -0.39 is 17.5 Å². The first kappa shape index (κ1) is 20.6. The fourth-order valence-corrected chi connectivity index (χ4v) is 4.12. The summed E-state index contributed by atoms with van der Waals surface area (Å²) in [6, 6.07) is 8.50. The van der Waals surface area contributed by atoms with Crippen LogP contribution in [0.1, 0.15) is 24.2 Å². The van der Waals surface area contributed by atoms with Gasteiger partial charge in [-0.25, -0.2) is 13.8 Å². The molecule has 0 spiro atoms. The van der Waals surface area contributed by atoms with Crippen LogP contribution in [0.25, 0.3) is 10.2 Å². The zero-order valence-electron chi connectivity index (χ0n) is 15.6. The fourth-order valence-electron chi connectivity index (χ4n) is 2.85. The van der Waals surface area contributed by atoms with Gasteiger partial charge in [0.2, 0.25) is 0 Å². The smallest absolute Gasteiger partial charge is 0.260 e. The van der Waals surface area contributed by atoms with Crippen molar-refractivity contribution in [3.8, 4) is 0 Å². The average Bonchev–Trinajstić information content (AvgIpc) is 3.09. The molecule has 0 saturated carbocycles. The summed E-state index contributed by atoms with van der Waals surface area (Å²) in [7, 11) is 0. The van der Waals surface area contributed by atoms with Gasteiger partial charge in [-0.05, 0) is 49.5 Å². The van der Waals surface area contributed by atoms with Crippen molar-refractivity contribution < 1.29 is 13.6 Å². The summed E-state index contributed by atoms with van der Waals surface area (Å²) in [6.07, 6.45) is 0. The summed E-state index contributed by atoms with van der Waals surface area (Å²) in [5, 5.41) is 1.09. The van der Waals surface area contributed by atoms with Gasteiger partial charge in [0.25, 0.3) is 5.91 Å². The fraction of sp³-hybridized carbons (Fsp3) is 0.300. The highest BCUT2D eigenvalue weighted by atomic mass is 35.5. The zero-order chi connectivity index (χ0) is 20.3. The summed E-state index contributed by atoms with van der Waals surface area (Å²) in [5.41, 5.74) is 0.811. The van der Waals surface area contributed by atoms with Gasteiger partial charge >= 0.3 is 0 Å². The number of fused-ring (bicyclic) bond motifs is 1. The molecule has 0 aliphatic carbocycles. The summed E-state index contributed by atoms with van der Waals surface area (Å²) in [5.74, 6) is -2.46. The molecule has 0 unspecified atom stereocenters. The van der Waals surface area contributed by atoms with E-state index in [1.165, 1.54) is 22.3 Å². The Hall–Kier alpha value is -2.09. The third-order valence-corrected chi connectivity index (χ3v) is 5.79. The van der Waals surface area contributed by atoms with E-state index in [2.05, 4.69) is 9.88 Å². The van der Waals surface area contributed by atoms with Gasteiger partial charge in [-0.1, -0.05) is 36.8 Å². The van der Waals surface area contributed by atoms with E-state index >= 15 is 0 Å². The van der Waals surface area contributed by atoms with Crippen LogP contribution in [0.2, 0.25) is 5.02 Å². The quantitative estimate of drug-likeness (QED) is 0.523. The molecule has 0 aliphatic heterocycles. The summed E-state index contributed by atoms with van der Waals surface area (Å²) in [6.45, 7) is 6.81. The van der Waals surface area contributed by atoms with E-state index in [-0.39, 0.29) is 5.56 Å². The number of hydrogen-bond donors (Lipinski definition) is 0. The van der Waals surface area contributed by atoms with Crippen LogP contribution in [0, 0.1) is 11.6 Å². The van der Waals surface area contributed by atoms with E-state index in [4.69, 9.17) is 11.6 Å². The number of benzene rings is 2. The minimum absolute atomic E-state index is 0.0794. The SMILES string of the molecule is CCN(CC)CCN(C(=O)c1ccc(F)c(F)c1)c1nc2ccc(Cl)cc2s1. The van der Waals surface area contributed by atoms with E-state index in [9.17, 15) is 13.6 Å². The maximum absolute atomic E-state index is 13.7. The molecule has 148 valence electrons. The van der Waals surface area contributed by atoms with Crippen molar-refractivity contribution in [1.29, 1.82) is 0 Å². The lowest BCUT2D eigenvalue weighted by atomic mass is 10.2. The van der Waals surface area contributed by atoms with Crippen LogP contribution in [0.3, 0.4) is 0 Å². The van der Waals surface area contributed by atoms with E-state index in [1.54, 1.807) is 18.2 Å². The highest BCUT2D eigenvalue weighted by Crippen LogP contribution is 2.31. The minimum Gasteiger partial charge on any atom is -0.302 e. The lowest BCUT2D eigenvalue weighted by Crippen LogP contribution is -2.39. The normalized spacial score (nSPS) is 11.4. The number of hydrogen-bond acceptors (Lipinski definition) is 4. The van der Waals surface area contributed by atoms with E-state index in [0.717, 1.165) is 35.4 Å². The van der Waals surface area contributed by atoms with Crippen molar-refractivity contribution in [3.05, 3.63) is 58.6 Å². The van der Waals surface area contributed by atoms with Crippen LogP contribution in [-0.2, 0) is 0 Å². The Morgan fingerprint density at radius 3 is 2.50 bits per heavy atom. The topological polar surface area (TPSA) is 36.4 Å². The molecule has 4 nitrogen and oxygen atoms in total. The molecule has 0 saturated heterocycles. The second-order valence-corrected chi connectivity index (χ2v) is 7.67. The van der Waals surface area contributed by atoms with E-state index in [1.807, 2.05) is 13.8 Å². The van der Waals surface area contributed by atoms with Crippen molar-refractivity contribution in [2.75, 3.05) is 31.1 Å². The molecule has 8 heteroatoms. The Bertz CT molecular complexity index is 991. The second kappa shape index (κ2) is 8.94. The Morgan fingerprint density at radius 2 is 1.82 bits per heavy atom. The van der Waals surface area contributed by atoms with Gasteiger partial charge in [-0.3, -0.25) is 9.69 Å². The van der Waals surface area contributed by atoms with Crippen molar-refractivity contribution >= 4 is 44.2 Å². The molecule has 0 atom stereocenters. The summed E-state index contributed by atoms with van der Waals surface area (Å²) < 4.78 is 27.8. The lowest BCUT2D eigenvalue weighted by molar-refractivity contribution is 0.0983. The molecule has 3 aromatic rings. The van der Waals surface area contributed by atoms with Gasteiger partial charge in [-0.2, -0.15) is 0 Å². The third-order valence-electron chi connectivity index (χ3n) is 4.52.